The maximum absolute atomic E-state index is 11.3. The van der Waals surface area contributed by atoms with Crippen molar-refractivity contribution >= 4 is 17.2 Å². The molecule has 3 heteroatoms. The standard InChI is InChI=1S/C16H17NOS/c1-11(18)17-13-9-12-5-2-3-6-14(12)15(10-13)16-7-4-8-19-16/h2,4-5,7-10,14-15H,3,6H2,1H3,(H,17,18). The van der Waals surface area contributed by atoms with Crippen molar-refractivity contribution in [3.8, 4) is 0 Å². The highest BCUT2D eigenvalue weighted by Crippen LogP contribution is 2.42. The van der Waals surface area contributed by atoms with E-state index in [1.54, 1.807) is 18.3 Å². The van der Waals surface area contributed by atoms with Gasteiger partial charge in [-0.3, -0.25) is 4.79 Å². The third-order valence-electron chi connectivity index (χ3n) is 3.69. The zero-order valence-corrected chi connectivity index (χ0v) is 11.7. The number of rotatable bonds is 2. The van der Waals surface area contributed by atoms with Gasteiger partial charge in [0.25, 0.3) is 0 Å². The average Bonchev–Trinajstić information content (AvgIpc) is 2.90. The van der Waals surface area contributed by atoms with Crippen molar-refractivity contribution in [2.24, 2.45) is 5.92 Å². The van der Waals surface area contributed by atoms with Crippen molar-refractivity contribution in [1.29, 1.82) is 0 Å². The van der Waals surface area contributed by atoms with Crippen LogP contribution in [0.3, 0.4) is 0 Å². The van der Waals surface area contributed by atoms with Gasteiger partial charge in [-0.1, -0.05) is 24.3 Å². The van der Waals surface area contributed by atoms with E-state index in [2.05, 4.69) is 47.1 Å². The number of hydrogen-bond acceptors (Lipinski definition) is 2. The highest BCUT2D eigenvalue weighted by atomic mass is 32.1. The molecule has 0 bridgehead atoms. The van der Waals surface area contributed by atoms with E-state index >= 15 is 0 Å². The van der Waals surface area contributed by atoms with Gasteiger partial charge in [0.15, 0.2) is 0 Å². The van der Waals surface area contributed by atoms with E-state index in [1.165, 1.54) is 16.9 Å². The molecule has 0 spiro atoms. The first-order chi connectivity index (χ1) is 9.24. The Balaban J connectivity index is 1.97. The maximum Gasteiger partial charge on any atom is 0.221 e. The monoisotopic (exact) mass is 271 g/mol. The number of thiophene rings is 1. The quantitative estimate of drug-likeness (QED) is 0.872. The van der Waals surface area contributed by atoms with Crippen LogP contribution in [0.5, 0.6) is 0 Å². The summed E-state index contributed by atoms with van der Waals surface area (Å²) < 4.78 is 0. The number of allylic oxidation sites excluding steroid dienone is 5. The van der Waals surface area contributed by atoms with Crippen molar-refractivity contribution in [3.05, 3.63) is 58.0 Å². The molecular formula is C16H17NOS. The molecule has 2 unspecified atom stereocenters. The van der Waals surface area contributed by atoms with Crippen LogP contribution < -0.4 is 5.32 Å². The van der Waals surface area contributed by atoms with E-state index in [4.69, 9.17) is 0 Å². The number of nitrogens with one attached hydrogen (secondary N) is 1. The van der Waals surface area contributed by atoms with Gasteiger partial charge in [0, 0.05) is 23.4 Å². The second-order valence-electron chi connectivity index (χ2n) is 5.07. The summed E-state index contributed by atoms with van der Waals surface area (Å²) in [5.41, 5.74) is 2.28. The van der Waals surface area contributed by atoms with Gasteiger partial charge in [-0.25, -0.2) is 0 Å². The predicted octanol–water partition coefficient (Wildman–Crippen LogP) is 3.76. The Morgan fingerprint density at radius 1 is 1.47 bits per heavy atom. The lowest BCUT2D eigenvalue weighted by molar-refractivity contribution is -0.118. The first-order valence-corrected chi connectivity index (χ1v) is 7.53. The Hall–Kier alpha value is -1.61. The van der Waals surface area contributed by atoms with Crippen LogP contribution in [0.15, 0.2) is 53.1 Å². The summed E-state index contributed by atoms with van der Waals surface area (Å²) in [6, 6.07) is 4.29. The Bertz CT molecular complexity index is 566. The second-order valence-corrected chi connectivity index (χ2v) is 6.05. The largest absolute Gasteiger partial charge is 0.327 e. The Labute approximate surface area is 117 Å². The van der Waals surface area contributed by atoms with E-state index in [0.29, 0.717) is 11.8 Å². The van der Waals surface area contributed by atoms with Gasteiger partial charge in [-0.05, 0) is 41.9 Å². The first kappa shape index (κ1) is 12.4. The van der Waals surface area contributed by atoms with Crippen LogP contribution in [0.4, 0.5) is 0 Å². The molecule has 2 nitrogen and oxygen atoms in total. The molecule has 1 N–H and O–H groups in total. The van der Waals surface area contributed by atoms with Gasteiger partial charge in [0.2, 0.25) is 5.91 Å². The molecule has 1 aromatic heterocycles. The first-order valence-electron chi connectivity index (χ1n) is 6.65. The van der Waals surface area contributed by atoms with E-state index in [1.807, 2.05) is 0 Å². The van der Waals surface area contributed by atoms with Crippen molar-refractivity contribution in [3.63, 3.8) is 0 Å². The average molecular weight is 271 g/mol. The molecule has 0 fully saturated rings. The van der Waals surface area contributed by atoms with Crippen molar-refractivity contribution in [2.45, 2.75) is 25.7 Å². The van der Waals surface area contributed by atoms with E-state index in [9.17, 15) is 4.79 Å². The summed E-state index contributed by atoms with van der Waals surface area (Å²) in [6.07, 6.45) is 11.1. The van der Waals surface area contributed by atoms with Crippen LogP contribution in [0.25, 0.3) is 0 Å². The normalized spacial score (nSPS) is 25.3. The number of fused-ring (bicyclic) bond motifs is 1. The van der Waals surface area contributed by atoms with Gasteiger partial charge in [0.05, 0.1) is 0 Å². The SMILES string of the molecule is CC(=O)NC1=CC(c2cccs2)C2CCC=CC2=C1. The Kier molecular flexibility index (Phi) is 3.38. The molecule has 19 heavy (non-hydrogen) atoms. The van der Waals surface area contributed by atoms with Crippen LogP contribution >= 0.6 is 11.3 Å². The van der Waals surface area contributed by atoms with Crippen molar-refractivity contribution in [2.75, 3.05) is 0 Å². The third-order valence-corrected chi connectivity index (χ3v) is 4.66. The molecular weight excluding hydrogens is 254 g/mol. The maximum atomic E-state index is 11.3. The number of carbonyl (C=O) groups is 1. The minimum absolute atomic E-state index is 0.00808. The fourth-order valence-corrected chi connectivity index (χ4v) is 3.77. The van der Waals surface area contributed by atoms with E-state index < -0.39 is 0 Å². The molecule has 1 amide bonds. The molecule has 0 saturated heterocycles. The summed E-state index contributed by atoms with van der Waals surface area (Å²) in [5.74, 6) is 0.944. The number of hydrogen-bond donors (Lipinski definition) is 1. The zero-order chi connectivity index (χ0) is 13.2. The van der Waals surface area contributed by atoms with Crippen LogP contribution in [-0.2, 0) is 4.79 Å². The number of amides is 1. The smallest absolute Gasteiger partial charge is 0.221 e. The fraction of sp³-hybridized carbons (Fsp3) is 0.312. The highest BCUT2D eigenvalue weighted by Gasteiger charge is 2.29. The minimum atomic E-state index is -0.00808. The molecule has 1 heterocycles. The van der Waals surface area contributed by atoms with E-state index in [0.717, 1.165) is 12.1 Å². The van der Waals surface area contributed by atoms with Gasteiger partial charge < -0.3 is 5.32 Å². The summed E-state index contributed by atoms with van der Waals surface area (Å²) >= 11 is 1.80. The fourth-order valence-electron chi connectivity index (χ4n) is 2.91. The minimum Gasteiger partial charge on any atom is -0.327 e. The highest BCUT2D eigenvalue weighted by molar-refractivity contribution is 7.10. The van der Waals surface area contributed by atoms with E-state index in [-0.39, 0.29) is 5.91 Å². The summed E-state index contributed by atoms with van der Waals surface area (Å²) in [7, 11) is 0. The Morgan fingerprint density at radius 3 is 3.11 bits per heavy atom. The summed E-state index contributed by atoms with van der Waals surface area (Å²) in [5, 5.41) is 5.05. The lowest BCUT2D eigenvalue weighted by atomic mass is 9.75. The van der Waals surface area contributed by atoms with Crippen molar-refractivity contribution in [1.82, 2.24) is 5.32 Å². The van der Waals surface area contributed by atoms with Gasteiger partial charge in [-0.2, -0.15) is 0 Å². The lowest BCUT2D eigenvalue weighted by Gasteiger charge is -2.31. The lowest BCUT2D eigenvalue weighted by Crippen LogP contribution is -2.25. The van der Waals surface area contributed by atoms with Gasteiger partial charge in [0.1, 0.15) is 0 Å². The molecule has 0 aromatic carbocycles. The molecule has 2 aliphatic rings. The topological polar surface area (TPSA) is 29.1 Å². The van der Waals surface area contributed by atoms with Crippen molar-refractivity contribution < 1.29 is 4.79 Å². The van der Waals surface area contributed by atoms with Crippen LogP contribution in [-0.4, -0.2) is 5.91 Å². The van der Waals surface area contributed by atoms with Crippen LogP contribution in [0, 0.1) is 5.92 Å². The van der Waals surface area contributed by atoms with Gasteiger partial charge >= 0.3 is 0 Å². The molecule has 2 atom stereocenters. The predicted molar refractivity (Wildman–Crippen MR) is 78.9 cm³/mol. The van der Waals surface area contributed by atoms with Gasteiger partial charge in [-0.15, -0.1) is 11.3 Å². The molecule has 2 aliphatic carbocycles. The van der Waals surface area contributed by atoms with Crippen LogP contribution in [0.2, 0.25) is 0 Å². The summed E-state index contributed by atoms with van der Waals surface area (Å²) in [4.78, 5) is 12.7. The van der Waals surface area contributed by atoms with Crippen LogP contribution in [0.1, 0.15) is 30.6 Å². The number of carbonyl (C=O) groups excluding carboxylic acids is 1. The molecule has 1 aromatic rings. The second kappa shape index (κ2) is 5.17. The molecule has 0 saturated carbocycles. The Morgan fingerprint density at radius 2 is 2.37 bits per heavy atom. The molecule has 0 aliphatic heterocycles. The third kappa shape index (κ3) is 2.56. The zero-order valence-electron chi connectivity index (χ0n) is 10.9. The molecule has 0 radical (unpaired) electrons. The molecule has 3 rings (SSSR count). The summed E-state index contributed by atoms with van der Waals surface area (Å²) in [6.45, 7) is 1.56. The molecule has 98 valence electrons.